The number of benzene rings is 1. The molecular weight excluding hydrogens is 320 g/mol. The lowest BCUT2D eigenvalue weighted by Crippen LogP contribution is -2.68. The topological polar surface area (TPSA) is 59.1 Å². The fraction of sp³-hybridized carbons (Fsp3) is 0.579. The van der Waals surface area contributed by atoms with Gasteiger partial charge in [0.2, 0.25) is 11.8 Å². The van der Waals surface area contributed by atoms with E-state index in [9.17, 15) is 9.59 Å². The molecule has 3 rings (SSSR count). The number of rotatable bonds is 4. The third-order valence-corrected chi connectivity index (χ3v) is 4.51. The highest BCUT2D eigenvalue weighted by atomic mass is 16.5. The summed E-state index contributed by atoms with van der Waals surface area (Å²) in [7, 11) is 0. The van der Waals surface area contributed by atoms with Crippen molar-refractivity contribution in [3.8, 4) is 0 Å². The molecule has 2 amide bonds. The Morgan fingerprint density at radius 1 is 1.16 bits per heavy atom. The van der Waals surface area contributed by atoms with Crippen molar-refractivity contribution in [2.45, 2.75) is 45.0 Å². The van der Waals surface area contributed by atoms with Gasteiger partial charge in [-0.05, 0) is 26.3 Å². The number of hydrogen-bond acceptors (Lipinski definition) is 4. The third kappa shape index (κ3) is 4.02. The highest BCUT2D eigenvalue weighted by molar-refractivity contribution is 5.97. The van der Waals surface area contributed by atoms with E-state index in [1.165, 1.54) is 0 Å². The molecule has 6 nitrogen and oxygen atoms in total. The summed E-state index contributed by atoms with van der Waals surface area (Å²) in [4.78, 5) is 29.4. The van der Waals surface area contributed by atoms with Gasteiger partial charge in [0, 0.05) is 13.1 Å². The number of carbonyl (C=O) groups excluding carboxylic acids is 2. The van der Waals surface area contributed by atoms with Gasteiger partial charge in [0.25, 0.3) is 0 Å². The molecule has 2 heterocycles. The Bertz CT molecular complexity index is 626. The van der Waals surface area contributed by atoms with Gasteiger partial charge in [-0.2, -0.15) is 0 Å². The summed E-state index contributed by atoms with van der Waals surface area (Å²) in [5, 5.41) is 0. The van der Waals surface area contributed by atoms with Crippen LogP contribution in [0.15, 0.2) is 30.3 Å². The molecule has 0 radical (unpaired) electrons. The summed E-state index contributed by atoms with van der Waals surface area (Å²) < 4.78 is 11.3. The van der Waals surface area contributed by atoms with Crippen molar-refractivity contribution in [2.24, 2.45) is 0 Å². The maximum atomic E-state index is 13.0. The zero-order valence-corrected chi connectivity index (χ0v) is 15.1. The quantitative estimate of drug-likeness (QED) is 0.828. The molecule has 2 aliphatic heterocycles. The Hall–Kier alpha value is -1.92. The summed E-state index contributed by atoms with van der Waals surface area (Å²) in [6.07, 6.45) is 0. The zero-order chi connectivity index (χ0) is 18.0. The summed E-state index contributed by atoms with van der Waals surface area (Å²) in [6.45, 7) is 7.63. The minimum atomic E-state index is -0.596. The highest BCUT2D eigenvalue weighted by Gasteiger charge is 2.47. The van der Waals surface area contributed by atoms with Crippen LogP contribution in [-0.4, -0.2) is 65.7 Å². The second-order valence-corrected chi connectivity index (χ2v) is 7.51. The number of hydrogen-bond donors (Lipinski definition) is 0. The Kier molecular flexibility index (Phi) is 5.11. The standard InChI is InChI=1S/C19H26N2O4/c1-19(2,3)25-13-16-17(22)20-9-10-24-12-15(20)18(23)21(16)11-14-7-5-4-6-8-14/h4-8,15-16H,9-13H2,1-3H3/t15?,16-/m0/s1. The van der Waals surface area contributed by atoms with E-state index in [1.54, 1.807) is 9.80 Å². The maximum absolute atomic E-state index is 13.0. The third-order valence-electron chi connectivity index (χ3n) is 4.51. The number of ether oxygens (including phenoxy) is 2. The minimum Gasteiger partial charge on any atom is -0.377 e. The van der Waals surface area contributed by atoms with E-state index in [0.29, 0.717) is 19.7 Å². The lowest BCUT2D eigenvalue weighted by Gasteiger charge is -2.47. The van der Waals surface area contributed by atoms with Crippen LogP contribution in [0.5, 0.6) is 0 Å². The number of carbonyl (C=O) groups is 2. The van der Waals surface area contributed by atoms with Crippen molar-refractivity contribution >= 4 is 11.8 Å². The smallest absolute Gasteiger partial charge is 0.248 e. The average molecular weight is 346 g/mol. The summed E-state index contributed by atoms with van der Waals surface area (Å²) >= 11 is 0. The molecule has 0 saturated carbocycles. The van der Waals surface area contributed by atoms with E-state index >= 15 is 0 Å². The van der Waals surface area contributed by atoms with Gasteiger partial charge in [-0.1, -0.05) is 30.3 Å². The van der Waals surface area contributed by atoms with E-state index in [1.807, 2.05) is 51.1 Å². The molecule has 2 saturated heterocycles. The molecule has 0 spiro atoms. The van der Waals surface area contributed by atoms with E-state index in [2.05, 4.69) is 0 Å². The molecule has 0 bridgehead atoms. The normalized spacial score (nSPS) is 24.4. The van der Waals surface area contributed by atoms with Crippen molar-refractivity contribution in [1.29, 1.82) is 0 Å². The molecule has 0 aromatic heterocycles. The number of fused-ring (bicyclic) bond motifs is 1. The van der Waals surface area contributed by atoms with E-state index in [0.717, 1.165) is 5.56 Å². The molecule has 1 aromatic rings. The predicted octanol–water partition coefficient (Wildman–Crippen LogP) is 1.44. The fourth-order valence-electron chi connectivity index (χ4n) is 3.20. The van der Waals surface area contributed by atoms with Crippen LogP contribution in [0, 0.1) is 0 Å². The fourth-order valence-corrected chi connectivity index (χ4v) is 3.20. The number of piperazine rings is 1. The Morgan fingerprint density at radius 2 is 1.88 bits per heavy atom. The van der Waals surface area contributed by atoms with Gasteiger partial charge in [0.15, 0.2) is 0 Å². The SMILES string of the molecule is CC(C)(C)OC[C@H]1C(=O)N2CCOCC2C(=O)N1Cc1ccccc1. The first-order valence-electron chi connectivity index (χ1n) is 8.73. The predicted molar refractivity (Wildman–Crippen MR) is 92.8 cm³/mol. The minimum absolute atomic E-state index is 0.0481. The monoisotopic (exact) mass is 346 g/mol. The molecule has 6 heteroatoms. The first kappa shape index (κ1) is 17.9. The molecule has 1 unspecified atom stereocenters. The number of amides is 2. The first-order valence-corrected chi connectivity index (χ1v) is 8.73. The molecule has 136 valence electrons. The van der Waals surface area contributed by atoms with Crippen LogP contribution >= 0.6 is 0 Å². The van der Waals surface area contributed by atoms with Crippen LogP contribution in [-0.2, 0) is 25.6 Å². The van der Waals surface area contributed by atoms with Gasteiger partial charge in [0.1, 0.15) is 12.1 Å². The van der Waals surface area contributed by atoms with Crippen molar-refractivity contribution in [3.05, 3.63) is 35.9 Å². The van der Waals surface area contributed by atoms with Crippen LogP contribution in [0.3, 0.4) is 0 Å². The van der Waals surface area contributed by atoms with Gasteiger partial charge in [-0.3, -0.25) is 9.59 Å². The average Bonchev–Trinajstić information content (AvgIpc) is 2.59. The Labute approximate surface area is 148 Å². The Balaban J connectivity index is 1.85. The van der Waals surface area contributed by atoms with Crippen molar-refractivity contribution in [3.63, 3.8) is 0 Å². The maximum Gasteiger partial charge on any atom is 0.248 e. The molecule has 0 aliphatic carbocycles. The summed E-state index contributed by atoms with van der Waals surface area (Å²) in [5.41, 5.74) is 0.624. The van der Waals surface area contributed by atoms with E-state index in [-0.39, 0.29) is 30.6 Å². The molecule has 25 heavy (non-hydrogen) atoms. The Morgan fingerprint density at radius 3 is 2.56 bits per heavy atom. The highest BCUT2D eigenvalue weighted by Crippen LogP contribution is 2.24. The van der Waals surface area contributed by atoms with Crippen LogP contribution < -0.4 is 0 Å². The second-order valence-electron chi connectivity index (χ2n) is 7.51. The molecule has 0 N–H and O–H groups in total. The van der Waals surface area contributed by atoms with Gasteiger partial charge in [-0.25, -0.2) is 0 Å². The summed E-state index contributed by atoms with van der Waals surface area (Å²) in [6, 6.07) is 8.61. The molecule has 2 aliphatic rings. The van der Waals surface area contributed by atoms with E-state index < -0.39 is 12.1 Å². The van der Waals surface area contributed by atoms with Crippen LogP contribution in [0.2, 0.25) is 0 Å². The molecular formula is C19H26N2O4. The van der Waals surface area contributed by atoms with Crippen molar-refractivity contribution in [2.75, 3.05) is 26.4 Å². The lowest BCUT2D eigenvalue weighted by molar-refractivity contribution is -0.175. The second kappa shape index (κ2) is 7.14. The van der Waals surface area contributed by atoms with Gasteiger partial charge < -0.3 is 19.3 Å². The van der Waals surface area contributed by atoms with Gasteiger partial charge in [0.05, 0.1) is 25.4 Å². The van der Waals surface area contributed by atoms with Crippen LogP contribution in [0.1, 0.15) is 26.3 Å². The lowest BCUT2D eigenvalue weighted by atomic mass is 10.0. The summed E-state index contributed by atoms with van der Waals surface area (Å²) in [5.74, 6) is -0.112. The van der Waals surface area contributed by atoms with Crippen molar-refractivity contribution in [1.82, 2.24) is 9.80 Å². The largest absolute Gasteiger partial charge is 0.377 e. The zero-order valence-electron chi connectivity index (χ0n) is 15.1. The molecule has 1 aromatic carbocycles. The molecule has 2 fully saturated rings. The van der Waals surface area contributed by atoms with Crippen molar-refractivity contribution < 1.29 is 19.1 Å². The van der Waals surface area contributed by atoms with Gasteiger partial charge in [-0.15, -0.1) is 0 Å². The number of nitrogens with zero attached hydrogens (tertiary/aromatic N) is 2. The van der Waals surface area contributed by atoms with Gasteiger partial charge >= 0.3 is 0 Å². The molecule has 2 atom stereocenters. The van der Waals surface area contributed by atoms with E-state index in [4.69, 9.17) is 9.47 Å². The number of morpholine rings is 1. The van der Waals surface area contributed by atoms with Crippen LogP contribution in [0.25, 0.3) is 0 Å². The van der Waals surface area contributed by atoms with Crippen LogP contribution in [0.4, 0.5) is 0 Å². The first-order chi connectivity index (χ1) is 11.9.